The molecule has 1 aliphatic heterocycles. The van der Waals surface area contributed by atoms with E-state index in [2.05, 4.69) is 5.32 Å². The van der Waals surface area contributed by atoms with Gasteiger partial charge in [0.1, 0.15) is 11.3 Å². The van der Waals surface area contributed by atoms with E-state index in [0.717, 1.165) is 5.56 Å². The number of methoxy groups -OCH3 is 1. The molecule has 1 fully saturated rings. The number of nitriles is 1. The van der Waals surface area contributed by atoms with Gasteiger partial charge in [-0.3, -0.25) is 9.69 Å². The van der Waals surface area contributed by atoms with Crippen molar-refractivity contribution in [2.75, 3.05) is 7.11 Å². The quantitative estimate of drug-likeness (QED) is 0.871. The minimum absolute atomic E-state index is 0.160. The first-order valence-electron chi connectivity index (χ1n) is 7.75. The molecule has 25 heavy (non-hydrogen) atoms. The van der Waals surface area contributed by atoms with Crippen molar-refractivity contribution in [1.29, 1.82) is 5.26 Å². The Morgan fingerprint density at radius 1 is 1.20 bits per heavy atom. The van der Waals surface area contributed by atoms with Crippen molar-refractivity contribution in [2.45, 2.75) is 19.0 Å². The largest absolute Gasteiger partial charge is 0.497 e. The fourth-order valence-electron chi connectivity index (χ4n) is 2.87. The van der Waals surface area contributed by atoms with Crippen LogP contribution in [0, 0.1) is 11.3 Å². The fourth-order valence-corrected chi connectivity index (χ4v) is 2.87. The molecular formula is C19H17N3O3. The second kappa shape index (κ2) is 6.29. The van der Waals surface area contributed by atoms with Crippen LogP contribution >= 0.6 is 0 Å². The lowest BCUT2D eigenvalue weighted by Crippen LogP contribution is -2.40. The van der Waals surface area contributed by atoms with Gasteiger partial charge < -0.3 is 10.1 Å². The number of nitrogens with zero attached hydrogens (tertiary/aromatic N) is 2. The van der Waals surface area contributed by atoms with Crippen molar-refractivity contribution < 1.29 is 14.3 Å². The molecule has 1 aliphatic rings. The summed E-state index contributed by atoms with van der Waals surface area (Å²) in [5.74, 6) is 0.337. The summed E-state index contributed by atoms with van der Waals surface area (Å²) in [4.78, 5) is 26.5. The number of ether oxygens (including phenoxy) is 1. The highest BCUT2D eigenvalue weighted by Crippen LogP contribution is 2.30. The van der Waals surface area contributed by atoms with Gasteiger partial charge in [-0.25, -0.2) is 4.79 Å². The van der Waals surface area contributed by atoms with Crippen molar-refractivity contribution in [3.05, 3.63) is 65.2 Å². The van der Waals surface area contributed by atoms with Crippen LogP contribution in [0.5, 0.6) is 5.75 Å². The van der Waals surface area contributed by atoms with Crippen molar-refractivity contribution in [3.8, 4) is 11.8 Å². The van der Waals surface area contributed by atoms with Gasteiger partial charge in [-0.2, -0.15) is 5.26 Å². The highest BCUT2D eigenvalue weighted by molar-refractivity contribution is 6.07. The highest BCUT2D eigenvalue weighted by atomic mass is 16.5. The Hall–Kier alpha value is -3.33. The summed E-state index contributed by atoms with van der Waals surface area (Å²) in [5.41, 5.74) is 0.784. The second-order valence-electron chi connectivity index (χ2n) is 5.99. The van der Waals surface area contributed by atoms with Gasteiger partial charge in [0.2, 0.25) is 0 Å². The third kappa shape index (κ3) is 2.92. The van der Waals surface area contributed by atoms with Crippen LogP contribution in [0.25, 0.3) is 0 Å². The molecule has 1 atom stereocenters. The molecule has 126 valence electrons. The Labute approximate surface area is 145 Å². The first-order valence-corrected chi connectivity index (χ1v) is 7.75. The second-order valence-corrected chi connectivity index (χ2v) is 5.99. The van der Waals surface area contributed by atoms with Gasteiger partial charge in [-0.1, -0.05) is 24.3 Å². The van der Waals surface area contributed by atoms with E-state index in [4.69, 9.17) is 10.00 Å². The van der Waals surface area contributed by atoms with E-state index in [1.54, 1.807) is 50.4 Å². The molecular weight excluding hydrogens is 318 g/mol. The SMILES string of the molecule is COc1cccc(CN2C(=O)NC(C)(c3ccc(C#N)cc3)C2=O)c1. The topological polar surface area (TPSA) is 82.4 Å². The molecule has 3 amide bonds. The number of hydrogen-bond acceptors (Lipinski definition) is 4. The zero-order valence-electron chi connectivity index (χ0n) is 13.9. The average Bonchev–Trinajstić information content (AvgIpc) is 2.86. The van der Waals surface area contributed by atoms with Crippen LogP contribution in [0.4, 0.5) is 4.79 Å². The van der Waals surface area contributed by atoms with Crippen LogP contribution in [0.15, 0.2) is 48.5 Å². The average molecular weight is 335 g/mol. The maximum absolute atomic E-state index is 12.9. The highest BCUT2D eigenvalue weighted by Gasteiger charge is 2.48. The van der Waals surface area contributed by atoms with Gasteiger partial charge in [0, 0.05) is 0 Å². The summed E-state index contributed by atoms with van der Waals surface area (Å²) >= 11 is 0. The maximum Gasteiger partial charge on any atom is 0.325 e. The van der Waals surface area contributed by atoms with Crippen LogP contribution in [0.2, 0.25) is 0 Å². The van der Waals surface area contributed by atoms with Crippen LogP contribution in [0.3, 0.4) is 0 Å². The number of imide groups is 1. The molecule has 0 radical (unpaired) electrons. The third-order valence-electron chi connectivity index (χ3n) is 4.34. The van der Waals surface area contributed by atoms with E-state index >= 15 is 0 Å². The number of urea groups is 1. The van der Waals surface area contributed by atoms with Gasteiger partial charge in [-0.05, 0) is 42.3 Å². The normalized spacial score (nSPS) is 19.5. The minimum atomic E-state index is -1.15. The first kappa shape index (κ1) is 16.5. The Bertz CT molecular complexity index is 870. The number of carbonyl (C=O) groups is 2. The minimum Gasteiger partial charge on any atom is -0.497 e. The Kier molecular flexibility index (Phi) is 4.15. The van der Waals surface area contributed by atoms with Crippen LogP contribution in [0.1, 0.15) is 23.6 Å². The van der Waals surface area contributed by atoms with Crippen LogP contribution in [-0.4, -0.2) is 23.9 Å². The molecule has 0 saturated carbocycles. The number of amides is 3. The molecule has 1 unspecified atom stereocenters. The molecule has 1 saturated heterocycles. The molecule has 1 N–H and O–H groups in total. The fraction of sp³-hybridized carbons (Fsp3) is 0.211. The summed E-state index contributed by atoms with van der Waals surface area (Å²) in [7, 11) is 1.56. The zero-order valence-corrected chi connectivity index (χ0v) is 13.9. The number of rotatable bonds is 4. The van der Waals surface area contributed by atoms with E-state index in [0.29, 0.717) is 16.9 Å². The van der Waals surface area contributed by atoms with Gasteiger partial charge in [0.05, 0.1) is 25.3 Å². The number of benzene rings is 2. The Morgan fingerprint density at radius 3 is 2.56 bits per heavy atom. The molecule has 0 aliphatic carbocycles. The lowest BCUT2D eigenvalue weighted by molar-refractivity contribution is -0.131. The third-order valence-corrected chi connectivity index (χ3v) is 4.34. The molecule has 2 aromatic rings. The number of nitrogens with one attached hydrogen (secondary N) is 1. The van der Waals surface area contributed by atoms with E-state index in [-0.39, 0.29) is 12.5 Å². The molecule has 2 aromatic carbocycles. The molecule has 0 bridgehead atoms. The number of carbonyl (C=O) groups excluding carboxylic acids is 2. The van der Waals surface area contributed by atoms with Crippen molar-refractivity contribution >= 4 is 11.9 Å². The van der Waals surface area contributed by atoms with Crippen molar-refractivity contribution in [1.82, 2.24) is 10.2 Å². The predicted molar refractivity (Wildman–Crippen MR) is 90.6 cm³/mol. The standard InChI is InChI=1S/C19H17N3O3/c1-19(15-8-6-13(11-20)7-9-15)17(23)22(18(24)21-19)12-14-4-3-5-16(10-14)25-2/h3-10H,12H2,1-2H3,(H,21,24). The molecule has 0 aromatic heterocycles. The van der Waals surface area contributed by atoms with Gasteiger partial charge in [0.25, 0.3) is 5.91 Å². The Balaban J connectivity index is 1.87. The Morgan fingerprint density at radius 2 is 1.92 bits per heavy atom. The van der Waals surface area contributed by atoms with Crippen LogP contribution in [-0.2, 0) is 16.9 Å². The molecule has 1 heterocycles. The maximum atomic E-state index is 12.9. The lowest BCUT2D eigenvalue weighted by Gasteiger charge is -2.22. The molecule has 0 spiro atoms. The molecule has 6 heteroatoms. The monoisotopic (exact) mass is 335 g/mol. The van der Waals surface area contributed by atoms with Gasteiger partial charge in [0.15, 0.2) is 0 Å². The molecule has 6 nitrogen and oxygen atoms in total. The summed E-state index contributed by atoms with van der Waals surface area (Å²) in [6.07, 6.45) is 0. The van der Waals surface area contributed by atoms with Gasteiger partial charge >= 0.3 is 6.03 Å². The zero-order chi connectivity index (χ0) is 18.0. The van der Waals surface area contributed by atoms with Crippen molar-refractivity contribution in [3.63, 3.8) is 0 Å². The summed E-state index contributed by atoms with van der Waals surface area (Å²) in [5, 5.41) is 11.7. The smallest absolute Gasteiger partial charge is 0.325 e. The first-order chi connectivity index (χ1) is 12.0. The molecule has 3 rings (SSSR count). The lowest BCUT2D eigenvalue weighted by atomic mass is 9.91. The van der Waals surface area contributed by atoms with Crippen LogP contribution < -0.4 is 10.1 Å². The van der Waals surface area contributed by atoms with Gasteiger partial charge in [-0.15, -0.1) is 0 Å². The summed E-state index contributed by atoms with van der Waals surface area (Å²) in [6.45, 7) is 1.83. The van der Waals surface area contributed by atoms with E-state index in [1.807, 2.05) is 18.2 Å². The van der Waals surface area contributed by atoms with E-state index in [9.17, 15) is 9.59 Å². The summed E-state index contributed by atoms with van der Waals surface area (Å²) in [6, 6.07) is 15.5. The van der Waals surface area contributed by atoms with Crippen molar-refractivity contribution in [2.24, 2.45) is 0 Å². The van der Waals surface area contributed by atoms with E-state index < -0.39 is 11.6 Å². The summed E-state index contributed by atoms with van der Waals surface area (Å²) < 4.78 is 5.17. The number of hydrogen-bond donors (Lipinski definition) is 1. The predicted octanol–water partition coefficient (Wildman–Crippen LogP) is 2.53. The van der Waals surface area contributed by atoms with E-state index in [1.165, 1.54) is 4.90 Å².